The molecule has 11 heteroatoms. The smallest absolute Gasteiger partial charge is 0.416 e. The van der Waals surface area contributed by atoms with Gasteiger partial charge in [0.2, 0.25) is 11.8 Å². The van der Waals surface area contributed by atoms with Gasteiger partial charge in [-0.15, -0.1) is 0 Å². The first-order valence-electron chi connectivity index (χ1n) is 14.0. The van der Waals surface area contributed by atoms with Crippen molar-refractivity contribution in [3.05, 3.63) is 64.7 Å². The number of benzene rings is 2. The second-order valence-corrected chi connectivity index (χ2v) is 12.0. The molecule has 0 atom stereocenters. The zero-order valence-electron chi connectivity index (χ0n) is 25.2. The summed E-state index contributed by atoms with van der Waals surface area (Å²) in [6.07, 6.45) is -4.99. The van der Waals surface area contributed by atoms with Crippen LogP contribution in [0.25, 0.3) is 0 Å². The van der Waals surface area contributed by atoms with E-state index < -0.39 is 29.3 Å². The normalized spacial score (nSPS) is 13.6. The lowest BCUT2D eigenvalue weighted by Crippen LogP contribution is -2.43. The number of nitrogens with zero attached hydrogens (tertiary/aromatic N) is 3. The van der Waals surface area contributed by atoms with E-state index in [1.54, 1.807) is 26.8 Å². The van der Waals surface area contributed by atoms with Gasteiger partial charge < -0.3 is 24.8 Å². The Morgan fingerprint density at radius 2 is 1.74 bits per heavy atom. The topological polar surface area (TPSA) is 82.2 Å². The van der Waals surface area contributed by atoms with E-state index in [-0.39, 0.29) is 44.1 Å². The van der Waals surface area contributed by atoms with Crippen molar-refractivity contribution in [2.45, 2.75) is 65.9 Å². The van der Waals surface area contributed by atoms with Gasteiger partial charge in [0.25, 0.3) is 0 Å². The molecule has 1 heterocycles. The first-order valence-corrected chi connectivity index (χ1v) is 14.0. The molecule has 3 rings (SSSR count). The van der Waals surface area contributed by atoms with Crippen LogP contribution in [-0.4, -0.2) is 71.4 Å². The van der Waals surface area contributed by atoms with Crippen LogP contribution in [0.15, 0.2) is 42.5 Å². The molecule has 2 aromatic carbocycles. The predicted molar refractivity (Wildman–Crippen MR) is 155 cm³/mol. The number of fused-ring (bicyclic) bond motifs is 1. The highest BCUT2D eigenvalue weighted by Crippen LogP contribution is 2.32. The van der Waals surface area contributed by atoms with Crippen LogP contribution >= 0.6 is 0 Å². The van der Waals surface area contributed by atoms with Crippen LogP contribution in [-0.2, 0) is 40.0 Å². The fourth-order valence-electron chi connectivity index (χ4n) is 4.74. The molecule has 0 saturated heterocycles. The molecule has 1 aliphatic rings. The SMILES string of the molecule is CC(C)CN1Cc2cccc(NCC(=O)N(CCN(C)C(=O)OC(C)(C)C)Cc3ccccc3C(F)(F)F)c2CC1=O. The number of nitrogens with one attached hydrogen (secondary N) is 1. The first-order chi connectivity index (χ1) is 19.5. The van der Waals surface area contributed by atoms with Crippen LogP contribution in [0.3, 0.4) is 0 Å². The first kappa shape index (κ1) is 32.8. The second kappa shape index (κ2) is 13.5. The number of hydrogen-bond acceptors (Lipinski definition) is 5. The molecule has 0 aliphatic carbocycles. The highest BCUT2D eigenvalue weighted by Gasteiger charge is 2.34. The van der Waals surface area contributed by atoms with Gasteiger partial charge >= 0.3 is 12.3 Å². The molecule has 0 radical (unpaired) electrons. The van der Waals surface area contributed by atoms with Gasteiger partial charge in [-0.05, 0) is 55.5 Å². The number of carbonyl (C=O) groups excluding carboxylic acids is 3. The minimum absolute atomic E-state index is 0.00680. The van der Waals surface area contributed by atoms with Crippen molar-refractivity contribution in [3.63, 3.8) is 0 Å². The van der Waals surface area contributed by atoms with Crippen molar-refractivity contribution in [2.24, 2.45) is 5.92 Å². The number of alkyl halides is 3. The highest BCUT2D eigenvalue weighted by molar-refractivity contribution is 5.85. The molecule has 3 amide bonds. The van der Waals surface area contributed by atoms with Gasteiger partial charge in [0.05, 0.1) is 18.5 Å². The molecule has 1 aliphatic heterocycles. The summed E-state index contributed by atoms with van der Waals surface area (Å²) < 4.78 is 46.5. The van der Waals surface area contributed by atoms with E-state index in [9.17, 15) is 27.6 Å². The van der Waals surface area contributed by atoms with Gasteiger partial charge in [0, 0.05) is 45.5 Å². The zero-order chi connectivity index (χ0) is 31.2. The van der Waals surface area contributed by atoms with Gasteiger partial charge in [-0.1, -0.05) is 44.2 Å². The molecule has 0 saturated carbocycles. The third kappa shape index (κ3) is 9.12. The number of amides is 3. The van der Waals surface area contributed by atoms with Gasteiger partial charge in [0.1, 0.15) is 5.60 Å². The van der Waals surface area contributed by atoms with Gasteiger partial charge in [-0.3, -0.25) is 9.59 Å². The van der Waals surface area contributed by atoms with E-state index in [1.807, 2.05) is 17.0 Å². The summed E-state index contributed by atoms with van der Waals surface area (Å²) in [6, 6.07) is 10.7. The minimum Gasteiger partial charge on any atom is -0.444 e. The largest absolute Gasteiger partial charge is 0.444 e. The van der Waals surface area contributed by atoms with Crippen LogP contribution in [0.4, 0.5) is 23.7 Å². The Bertz CT molecular complexity index is 1270. The van der Waals surface area contributed by atoms with Crippen LogP contribution in [0.1, 0.15) is 56.9 Å². The lowest BCUT2D eigenvalue weighted by Gasteiger charge is -2.31. The monoisotopic (exact) mass is 590 g/mol. The van der Waals surface area contributed by atoms with Crippen molar-refractivity contribution < 1.29 is 32.3 Å². The van der Waals surface area contributed by atoms with E-state index in [2.05, 4.69) is 19.2 Å². The van der Waals surface area contributed by atoms with Gasteiger partial charge in [-0.25, -0.2) is 4.79 Å². The molecule has 0 unspecified atom stereocenters. The van der Waals surface area contributed by atoms with E-state index in [1.165, 1.54) is 35.0 Å². The Morgan fingerprint density at radius 3 is 2.38 bits per heavy atom. The fourth-order valence-corrected chi connectivity index (χ4v) is 4.74. The maximum absolute atomic E-state index is 13.7. The van der Waals surface area contributed by atoms with Crippen LogP contribution in [0, 0.1) is 5.92 Å². The van der Waals surface area contributed by atoms with E-state index in [4.69, 9.17) is 4.74 Å². The van der Waals surface area contributed by atoms with Crippen LogP contribution < -0.4 is 5.32 Å². The van der Waals surface area contributed by atoms with Crippen LogP contribution in [0.2, 0.25) is 0 Å². The number of carbonyl (C=O) groups is 3. The molecule has 0 spiro atoms. The Kier molecular flexibility index (Phi) is 10.5. The molecule has 0 bridgehead atoms. The summed E-state index contributed by atoms with van der Waals surface area (Å²) in [5.41, 5.74) is 0.846. The summed E-state index contributed by atoms with van der Waals surface area (Å²) in [4.78, 5) is 43.1. The molecule has 2 aromatic rings. The Hall–Kier alpha value is -3.76. The average molecular weight is 591 g/mol. The lowest BCUT2D eigenvalue weighted by atomic mass is 9.96. The quantitative estimate of drug-likeness (QED) is 0.392. The van der Waals surface area contributed by atoms with E-state index in [0.717, 1.165) is 17.2 Å². The molecule has 8 nitrogen and oxygen atoms in total. The molecule has 1 N–H and O–H groups in total. The predicted octanol–water partition coefficient (Wildman–Crippen LogP) is 5.55. The number of likely N-dealkylation sites (N-methyl/N-ethyl adjacent to an activating group) is 1. The average Bonchev–Trinajstić information content (AvgIpc) is 2.88. The summed E-state index contributed by atoms with van der Waals surface area (Å²) in [5.74, 6) is -0.115. The summed E-state index contributed by atoms with van der Waals surface area (Å²) in [5, 5.41) is 3.11. The summed E-state index contributed by atoms with van der Waals surface area (Å²) >= 11 is 0. The van der Waals surface area contributed by atoms with Crippen molar-refractivity contribution in [3.8, 4) is 0 Å². The van der Waals surface area contributed by atoms with Crippen molar-refractivity contribution in [1.82, 2.24) is 14.7 Å². The zero-order valence-corrected chi connectivity index (χ0v) is 25.2. The Balaban J connectivity index is 1.78. The number of anilines is 1. The van der Waals surface area contributed by atoms with Gasteiger partial charge in [-0.2, -0.15) is 13.2 Å². The van der Waals surface area contributed by atoms with Gasteiger partial charge in [0.15, 0.2) is 0 Å². The van der Waals surface area contributed by atoms with Crippen molar-refractivity contribution in [2.75, 3.05) is 38.5 Å². The molecular weight excluding hydrogens is 549 g/mol. The number of hydrogen-bond donors (Lipinski definition) is 1. The third-order valence-electron chi connectivity index (χ3n) is 6.78. The highest BCUT2D eigenvalue weighted by atomic mass is 19.4. The Labute approximate surface area is 245 Å². The maximum Gasteiger partial charge on any atom is 0.416 e. The van der Waals surface area contributed by atoms with Crippen molar-refractivity contribution >= 4 is 23.6 Å². The summed E-state index contributed by atoms with van der Waals surface area (Å²) in [7, 11) is 1.51. The molecular formula is C31H41F3N4O4. The number of ether oxygens (including phenoxy) is 1. The second-order valence-electron chi connectivity index (χ2n) is 12.0. The van der Waals surface area contributed by atoms with Crippen molar-refractivity contribution in [1.29, 1.82) is 0 Å². The molecule has 230 valence electrons. The maximum atomic E-state index is 13.7. The molecule has 0 fully saturated rings. The van der Waals surface area contributed by atoms with E-state index in [0.29, 0.717) is 24.7 Å². The fraction of sp³-hybridized carbons (Fsp3) is 0.516. The number of halogens is 3. The minimum atomic E-state index is -4.59. The lowest BCUT2D eigenvalue weighted by molar-refractivity contribution is -0.139. The molecule has 42 heavy (non-hydrogen) atoms. The standard InChI is InChI=1S/C31H41F3N4O4/c1-21(2)18-38-19-22-11-9-13-26(24(22)16-27(38)39)35-17-28(40)37(15-14-36(6)29(41)42-30(3,4)5)20-23-10-7-8-12-25(23)31(32,33)34/h7-13,21,35H,14-20H2,1-6H3. The number of rotatable bonds is 10. The molecule has 0 aromatic heterocycles. The third-order valence-corrected chi connectivity index (χ3v) is 6.78. The van der Waals surface area contributed by atoms with E-state index >= 15 is 0 Å². The summed E-state index contributed by atoms with van der Waals surface area (Å²) in [6.45, 7) is 9.96. The Morgan fingerprint density at radius 1 is 1.05 bits per heavy atom. The van der Waals surface area contributed by atoms with Crippen LogP contribution in [0.5, 0.6) is 0 Å².